The van der Waals surface area contributed by atoms with E-state index in [2.05, 4.69) is 5.32 Å². The highest BCUT2D eigenvalue weighted by molar-refractivity contribution is 7.88. The molecule has 0 aliphatic carbocycles. The average molecular weight is 534 g/mol. The van der Waals surface area contributed by atoms with E-state index >= 15 is 0 Å². The van der Waals surface area contributed by atoms with Crippen molar-refractivity contribution >= 4 is 62.4 Å². The summed E-state index contributed by atoms with van der Waals surface area (Å²) in [6, 6.07) is 9.17. The first-order valence-electron chi connectivity index (χ1n) is 10.3. The Morgan fingerprint density at radius 2 is 1.88 bits per heavy atom. The van der Waals surface area contributed by atoms with Crippen molar-refractivity contribution in [3.63, 3.8) is 0 Å². The number of carbonyl (C=O) groups is 2. The van der Waals surface area contributed by atoms with E-state index in [9.17, 15) is 18.0 Å². The smallest absolute Gasteiger partial charge is 0.339 e. The standard InChI is InChI=1S/C22H23Cl3N2O5S/c1-2-32-22(29)18-11-17(7-8-19(18)24)26-21(28)14-4-3-9-27(12-14)33(30,31)13-15-5-6-16(23)10-20(15)25/h5-8,10-11,14H,2-4,9,12-13H2,1H3,(H,26,28)/t14-/m1/s1. The molecule has 0 saturated carbocycles. The Kier molecular flexibility index (Phi) is 8.64. The number of hydrogen-bond donors (Lipinski definition) is 1. The second-order valence-corrected chi connectivity index (χ2v) is 10.8. The lowest BCUT2D eigenvalue weighted by Crippen LogP contribution is -2.44. The third-order valence-corrected chi connectivity index (χ3v) is 7.94. The molecule has 0 radical (unpaired) electrons. The van der Waals surface area contributed by atoms with Gasteiger partial charge in [-0.25, -0.2) is 17.5 Å². The van der Waals surface area contributed by atoms with Crippen LogP contribution in [0.25, 0.3) is 0 Å². The SMILES string of the molecule is CCOC(=O)c1cc(NC(=O)[C@@H]2CCCN(S(=O)(=O)Cc3ccc(Cl)cc3Cl)C2)ccc1Cl. The second-order valence-electron chi connectivity index (χ2n) is 7.59. The predicted octanol–water partition coefficient (Wildman–Crippen LogP) is 5.00. The van der Waals surface area contributed by atoms with Gasteiger partial charge < -0.3 is 10.1 Å². The monoisotopic (exact) mass is 532 g/mol. The zero-order valence-corrected chi connectivity index (χ0v) is 20.9. The summed E-state index contributed by atoms with van der Waals surface area (Å²) < 4.78 is 32.2. The fourth-order valence-corrected chi connectivity index (χ4v) is 5.94. The molecule has 0 aromatic heterocycles. The summed E-state index contributed by atoms with van der Waals surface area (Å²) in [7, 11) is -3.69. The molecule has 0 bridgehead atoms. The molecule has 1 amide bonds. The van der Waals surface area contributed by atoms with Gasteiger partial charge in [-0.1, -0.05) is 40.9 Å². The van der Waals surface area contributed by atoms with Crippen molar-refractivity contribution in [2.24, 2.45) is 5.92 Å². The van der Waals surface area contributed by atoms with E-state index in [4.69, 9.17) is 39.5 Å². The van der Waals surface area contributed by atoms with Crippen LogP contribution < -0.4 is 5.32 Å². The molecule has 0 spiro atoms. The third kappa shape index (κ3) is 6.61. The van der Waals surface area contributed by atoms with Gasteiger partial charge in [0, 0.05) is 28.8 Å². The molecule has 0 unspecified atom stereocenters. The molecule has 1 heterocycles. The normalized spacial score (nSPS) is 16.9. The number of nitrogens with one attached hydrogen (secondary N) is 1. The zero-order chi connectivity index (χ0) is 24.2. The topological polar surface area (TPSA) is 92.8 Å². The summed E-state index contributed by atoms with van der Waals surface area (Å²) in [4.78, 5) is 24.9. The van der Waals surface area contributed by atoms with Crippen LogP contribution in [0.2, 0.25) is 15.1 Å². The summed E-state index contributed by atoms with van der Waals surface area (Å²) in [5, 5.41) is 3.66. The second kappa shape index (κ2) is 11.1. The lowest BCUT2D eigenvalue weighted by atomic mass is 9.98. The summed E-state index contributed by atoms with van der Waals surface area (Å²) in [5.74, 6) is -1.75. The van der Waals surface area contributed by atoms with Gasteiger partial charge in [0.2, 0.25) is 15.9 Å². The van der Waals surface area contributed by atoms with Crippen LogP contribution in [0, 0.1) is 5.92 Å². The molecule has 7 nitrogen and oxygen atoms in total. The fraction of sp³-hybridized carbons (Fsp3) is 0.364. The van der Waals surface area contributed by atoms with Crippen LogP contribution in [-0.2, 0) is 25.3 Å². The predicted molar refractivity (Wildman–Crippen MR) is 129 cm³/mol. The Bertz CT molecular complexity index is 1160. The average Bonchev–Trinajstić information content (AvgIpc) is 2.77. The Morgan fingerprint density at radius 1 is 1.12 bits per heavy atom. The molecule has 1 aliphatic rings. The molecule has 1 atom stereocenters. The maximum absolute atomic E-state index is 13.0. The van der Waals surface area contributed by atoms with Crippen LogP contribution in [-0.4, -0.2) is 44.3 Å². The molecule has 3 rings (SSSR count). The van der Waals surface area contributed by atoms with Gasteiger partial charge in [-0.15, -0.1) is 0 Å². The van der Waals surface area contributed by atoms with E-state index in [-0.39, 0.29) is 40.4 Å². The summed E-state index contributed by atoms with van der Waals surface area (Å²) in [6.45, 7) is 2.25. The molecule has 2 aromatic carbocycles. The fourth-order valence-electron chi connectivity index (χ4n) is 3.55. The summed E-state index contributed by atoms with van der Waals surface area (Å²) in [5.41, 5.74) is 0.963. The van der Waals surface area contributed by atoms with E-state index in [0.717, 1.165) is 0 Å². The van der Waals surface area contributed by atoms with Gasteiger partial charge in [-0.3, -0.25) is 4.79 Å². The Labute approximate surface area is 208 Å². The zero-order valence-electron chi connectivity index (χ0n) is 17.8. The number of anilines is 1. The third-order valence-electron chi connectivity index (χ3n) is 5.23. The number of halogens is 3. The van der Waals surface area contributed by atoms with Gasteiger partial charge in [0.15, 0.2) is 0 Å². The van der Waals surface area contributed by atoms with Crippen LogP contribution in [0.5, 0.6) is 0 Å². The minimum Gasteiger partial charge on any atom is -0.462 e. The number of ether oxygens (including phenoxy) is 1. The molecule has 11 heteroatoms. The van der Waals surface area contributed by atoms with Crippen molar-refractivity contribution in [2.75, 3.05) is 25.0 Å². The Morgan fingerprint density at radius 3 is 2.58 bits per heavy atom. The van der Waals surface area contributed by atoms with E-state index in [0.29, 0.717) is 35.7 Å². The van der Waals surface area contributed by atoms with E-state index in [1.165, 1.54) is 22.5 Å². The molecule has 2 aromatic rings. The quantitative estimate of drug-likeness (QED) is 0.505. The van der Waals surface area contributed by atoms with Crippen molar-refractivity contribution in [2.45, 2.75) is 25.5 Å². The van der Waals surface area contributed by atoms with Crippen molar-refractivity contribution in [3.8, 4) is 0 Å². The van der Waals surface area contributed by atoms with Crippen molar-refractivity contribution in [3.05, 3.63) is 62.6 Å². The van der Waals surface area contributed by atoms with E-state index in [1.807, 2.05) is 0 Å². The van der Waals surface area contributed by atoms with Crippen LogP contribution in [0.3, 0.4) is 0 Å². The Balaban J connectivity index is 1.69. The van der Waals surface area contributed by atoms with E-state index < -0.39 is 21.9 Å². The first kappa shape index (κ1) is 25.8. The lowest BCUT2D eigenvalue weighted by molar-refractivity contribution is -0.120. The largest absolute Gasteiger partial charge is 0.462 e. The molecule has 1 N–H and O–H groups in total. The van der Waals surface area contributed by atoms with Crippen LogP contribution in [0.15, 0.2) is 36.4 Å². The first-order valence-corrected chi connectivity index (χ1v) is 13.0. The van der Waals surface area contributed by atoms with Crippen molar-refractivity contribution < 1.29 is 22.7 Å². The van der Waals surface area contributed by atoms with Gasteiger partial charge >= 0.3 is 5.97 Å². The molecular formula is C22H23Cl3N2O5S. The van der Waals surface area contributed by atoms with Gasteiger partial charge in [0.05, 0.1) is 28.9 Å². The number of hydrogen-bond acceptors (Lipinski definition) is 5. The number of piperidine rings is 1. The maximum Gasteiger partial charge on any atom is 0.339 e. The lowest BCUT2D eigenvalue weighted by Gasteiger charge is -2.31. The minimum absolute atomic E-state index is 0.0533. The molecule has 1 fully saturated rings. The summed E-state index contributed by atoms with van der Waals surface area (Å²) >= 11 is 18.1. The van der Waals surface area contributed by atoms with Crippen molar-refractivity contribution in [1.82, 2.24) is 4.31 Å². The highest BCUT2D eigenvalue weighted by Crippen LogP contribution is 2.27. The number of amides is 1. The number of esters is 1. The van der Waals surface area contributed by atoms with Crippen LogP contribution in [0.1, 0.15) is 35.7 Å². The van der Waals surface area contributed by atoms with Crippen molar-refractivity contribution in [1.29, 1.82) is 0 Å². The molecular weight excluding hydrogens is 511 g/mol. The Hall–Kier alpha value is -1.84. The van der Waals surface area contributed by atoms with Gasteiger partial charge in [-0.2, -0.15) is 0 Å². The van der Waals surface area contributed by atoms with Gasteiger partial charge in [0.1, 0.15) is 0 Å². The number of carbonyl (C=O) groups excluding carboxylic acids is 2. The van der Waals surface area contributed by atoms with Crippen LogP contribution >= 0.6 is 34.8 Å². The van der Waals surface area contributed by atoms with Gasteiger partial charge in [0.25, 0.3) is 0 Å². The summed E-state index contributed by atoms with van der Waals surface area (Å²) in [6.07, 6.45) is 1.08. The molecule has 1 aliphatic heterocycles. The van der Waals surface area contributed by atoms with Gasteiger partial charge in [-0.05, 0) is 55.7 Å². The van der Waals surface area contributed by atoms with Crippen LogP contribution in [0.4, 0.5) is 5.69 Å². The molecule has 1 saturated heterocycles. The number of sulfonamides is 1. The number of benzene rings is 2. The number of rotatable bonds is 7. The maximum atomic E-state index is 13.0. The minimum atomic E-state index is -3.69. The first-order chi connectivity index (χ1) is 15.6. The highest BCUT2D eigenvalue weighted by atomic mass is 35.5. The molecule has 33 heavy (non-hydrogen) atoms. The number of nitrogens with zero attached hydrogens (tertiary/aromatic N) is 1. The van der Waals surface area contributed by atoms with E-state index in [1.54, 1.807) is 25.1 Å². The highest BCUT2D eigenvalue weighted by Gasteiger charge is 2.33. The molecule has 178 valence electrons.